The zero-order chi connectivity index (χ0) is 11.7. The quantitative estimate of drug-likeness (QED) is 0.379. The van der Waals surface area contributed by atoms with Gasteiger partial charge in [0, 0.05) is 0 Å². The largest absolute Gasteiger partial charge is 0.465 e. The van der Waals surface area contributed by atoms with E-state index in [2.05, 4.69) is 25.0 Å². The SMILES string of the molecule is C=CCC(C#CC)(CC=C)C(=O)OCC. The van der Waals surface area contributed by atoms with E-state index in [9.17, 15) is 4.79 Å². The Hall–Kier alpha value is -1.49. The standard InChI is InChI=1S/C13H18O2/c1-5-9-13(10-6-2,11-7-3)12(14)15-8-4/h5-6H,1-2,8-10H2,3-4H3. The summed E-state index contributed by atoms with van der Waals surface area (Å²) >= 11 is 0. The molecule has 0 heterocycles. The van der Waals surface area contributed by atoms with E-state index in [4.69, 9.17) is 4.74 Å². The summed E-state index contributed by atoms with van der Waals surface area (Å²) in [6.45, 7) is 11.1. The van der Waals surface area contributed by atoms with E-state index in [1.807, 2.05) is 0 Å². The summed E-state index contributed by atoms with van der Waals surface area (Å²) in [5, 5.41) is 0. The van der Waals surface area contributed by atoms with Gasteiger partial charge in [-0.2, -0.15) is 0 Å². The van der Waals surface area contributed by atoms with E-state index in [1.165, 1.54) is 0 Å². The molecule has 0 spiro atoms. The van der Waals surface area contributed by atoms with Crippen LogP contribution in [0.3, 0.4) is 0 Å². The van der Waals surface area contributed by atoms with Gasteiger partial charge in [0.05, 0.1) is 6.61 Å². The van der Waals surface area contributed by atoms with Crippen LogP contribution in [0.15, 0.2) is 25.3 Å². The van der Waals surface area contributed by atoms with Crippen LogP contribution in [0.25, 0.3) is 0 Å². The average molecular weight is 206 g/mol. The highest BCUT2D eigenvalue weighted by Crippen LogP contribution is 2.28. The zero-order valence-electron chi connectivity index (χ0n) is 9.51. The molecule has 0 bridgehead atoms. The van der Waals surface area contributed by atoms with Gasteiger partial charge in [-0.05, 0) is 26.7 Å². The molecular formula is C13H18O2. The van der Waals surface area contributed by atoms with Gasteiger partial charge in [0.25, 0.3) is 0 Å². The highest BCUT2D eigenvalue weighted by Gasteiger charge is 2.35. The number of hydrogen-bond acceptors (Lipinski definition) is 2. The minimum absolute atomic E-state index is 0.292. The monoisotopic (exact) mass is 206 g/mol. The van der Waals surface area contributed by atoms with Crippen LogP contribution < -0.4 is 0 Å². The fourth-order valence-corrected chi connectivity index (χ4v) is 1.40. The first-order valence-corrected chi connectivity index (χ1v) is 4.99. The topological polar surface area (TPSA) is 26.3 Å². The van der Waals surface area contributed by atoms with Gasteiger partial charge in [0.2, 0.25) is 0 Å². The molecule has 0 saturated heterocycles. The summed E-state index contributed by atoms with van der Waals surface area (Å²) in [6, 6.07) is 0. The highest BCUT2D eigenvalue weighted by molar-refractivity contribution is 5.81. The van der Waals surface area contributed by atoms with Gasteiger partial charge in [-0.25, -0.2) is 0 Å². The maximum absolute atomic E-state index is 11.8. The van der Waals surface area contributed by atoms with Crippen molar-refractivity contribution in [1.82, 2.24) is 0 Å². The molecule has 82 valence electrons. The van der Waals surface area contributed by atoms with Crippen molar-refractivity contribution < 1.29 is 9.53 Å². The van der Waals surface area contributed by atoms with E-state index in [0.717, 1.165) is 0 Å². The molecule has 0 aromatic rings. The van der Waals surface area contributed by atoms with Gasteiger partial charge in [0.1, 0.15) is 5.41 Å². The Morgan fingerprint density at radius 1 is 1.40 bits per heavy atom. The molecule has 0 aromatic heterocycles. The summed E-state index contributed by atoms with van der Waals surface area (Å²) in [5.41, 5.74) is -0.797. The third-order valence-electron chi connectivity index (χ3n) is 2.02. The van der Waals surface area contributed by atoms with Crippen LogP contribution in [-0.2, 0) is 9.53 Å². The fraction of sp³-hybridized carbons (Fsp3) is 0.462. The molecule has 0 amide bonds. The normalized spacial score (nSPS) is 9.73. The lowest BCUT2D eigenvalue weighted by atomic mass is 9.81. The lowest BCUT2D eigenvalue weighted by molar-refractivity contribution is -0.151. The van der Waals surface area contributed by atoms with Crippen LogP contribution >= 0.6 is 0 Å². The van der Waals surface area contributed by atoms with Crippen molar-refractivity contribution in [3.63, 3.8) is 0 Å². The molecule has 15 heavy (non-hydrogen) atoms. The summed E-state index contributed by atoms with van der Waals surface area (Å²) < 4.78 is 5.03. The maximum Gasteiger partial charge on any atom is 0.324 e. The predicted octanol–water partition coefficient (Wildman–Crippen LogP) is 2.71. The molecule has 2 nitrogen and oxygen atoms in total. The molecule has 2 heteroatoms. The molecule has 0 fully saturated rings. The van der Waals surface area contributed by atoms with E-state index in [0.29, 0.717) is 19.4 Å². The van der Waals surface area contributed by atoms with E-state index in [-0.39, 0.29) is 5.97 Å². The van der Waals surface area contributed by atoms with Gasteiger partial charge >= 0.3 is 5.97 Å². The second kappa shape index (κ2) is 6.89. The molecule has 0 aromatic carbocycles. The van der Waals surface area contributed by atoms with Crippen LogP contribution in [-0.4, -0.2) is 12.6 Å². The maximum atomic E-state index is 11.8. The van der Waals surface area contributed by atoms with Crippen LogP contribution in [0.1, 0.15) is 26.7 Å². The second-order valence-electron chi connectivity index (χ2n) is 3.16. The Balaban J connectivity index is 5.05. The Morgan fingerprint density at radius 2 is 1.93 bits per heavy atom. The predicted molar refractivity (Wildman–Crippen MR) is 62.1 cm³/mol. The van der Waals surface area contributed by atoms with Crippen LogP contribution in [0, 0.1) is 17.3 Å². The van der Waals surface area contributed by atoms with E-state index >= 15 is 0 Å². The molecule has 0 radical (unpaired) electrons. The van der Waals surface area contributed by atoms with Crippen molar-refractivity contribution in [2.24, 2.45) is 5.41 Å². The van der Waals surface area contributed by atoms with Crippen LogP contribution in [0.5, 0.6) is 0 Å². The highest BCUT2D eigenvalue weighted by atomic mass is 16.5. The summed E-state index contributed by atoms with van der Waals surface area (Å²) in [7, 11) is 0. The first kappa shape index (κ1) is 13.5. The molecule has 0 rings (SSSR count). The fourth-order valence-electron chi connectivity index (χ4n) is 1.40. The summed E-state index contributed by atoms with van der Waals surface area (Å²) in [6.07, 6.45) is 4.34. The molecule has 0 saturated carbocycles. The minimum Gasteiger partial charge on any atom is -0.465 e. The van der Waals surface area contributed by atoms with Crippen molar-refractivity contribution in [1.29, 1.82) is 0 Å². The van der Waals surface area contributed by atoms with Gasteiger partial charge in [-0.1, -0.05) is 18.1 Å². The van der Waals surface area contributed by atoms with Gasteiger partial charge in [-0.3, -0.25) is 4.79 Å². The van der Waals surface area contributed by atoms with Crippen molar-refractivity contribution in [3.05, 3.63) is 25.3 Å². The van der Waals surface area contributed by atoms with Crippen LogP contribution in [0.2, 0.25) is 0 Å². The number of ether oxygens (including phenoxy) is 1. The lowest BCUT2D eigenvalue weighted by Gasteiger charge is -2.23. The van der Waals surface area contributed by atoms with Gasteiger partial charge < -0.3 is 4.74 Å². The van der Waals surface area contributed by atoms with Crippen molar-refractivity contribution in [2.45, 2.75) is 26.7 Å². The van der Waals surface area contributed by atoms with Crippen molar-refractivity contribution >= 4 is 5.97 Å². The summed E-state index contributed by atoms with van der Waals surface area (Å²) in [4.78, 5) is 11.8. The molecule has 0 aliphatic carbocycles. The van der Waals surface area contributed by atoms with Gasteiger partial charge in [0.15, 0.2) is 0 Å². The molecular weight excluding hydrogens is 188 g/mol. The third kappa shape index (κ3) is 3.63. The number of carbonyl (C=O) groups is 1. The number of allylic oxidation sites excluding steroid dienone is 2. The van der Waals surface area contributed by atoms with Crippen molar-refractivity contribution in [3.8, 4) is 11.8 Å². The first-order chi connectivity index (χ1) is 7.16. The molecule has 0 aliphatic heterocycles. The smallest absolute Gasteiger partial charge is 0.324 e. The Kier molecular flexibility index (Phi) is 6.21. The molecule has 0 N–H and O–H groups in total. The zero-order valence-corrected chi connectivity index (χ0v) is 9.51. The third-order valence-corrected chi connectivity index (χ3v) is 2.02. The first-order valence-electron chi connectivity index (χ1n) is 4.99. The molecule has 0 unspecified atom stereocenters. The van der Waals surface area contributed by atoms with Crippen LogP contribution in [0.4, 0.5) is 0 Å². The number of esters is 1. The molecule has 0 aliphatic rings. The number of hydrogen-bond donors (Lipinski definition) is 0. The Bertz CT molecular complexity index is 281. The van der Waals surface area contributed by atoms with E-state index < -0.39 is 5.41 Å². The number of carbonyl (C=O) groups excluding carboxylic acids is 1. The lowest BCUT2D eigenvalue weighted by Crippen LogP contribution is -2.30. The van der Waals surface area contributed by atoms with Gasteiger partial charge in [-0.15, -0.1) is 19.1 Å². The second-order valence-corrected chi connectivity index (χ2v) is 3.16. The Labute approximate surface area is 92.0 Å². The molecule has 0 atom stereocenters. The summed E-state index contributed by atoms with van der Waals surface area (Å²) in [5.74, 6) is 5.39. The average Bonchev–Trinajstić information content (AvgIpc) is 2.19. The number of rotatable bonds is 6. The van der Waals surface area contributed by atoms with E-state index in [1.54, 1.807) is 26.0 Å². The van der Waals surface area contributed by atoms with Crippen molar-refractivity contribution in [2.75, 3.05) is 6.61 Å². The minimum atomic E-state index is -0.797. The Morgan fingerprint density at radius 3 is 2.27 bits per heavy atom.